The fraction of sp³-hybridized carbons (Fsp3) is 0.500. The Bertz CT molecular complexity index is 1170. The molecule has 0 aromatic carbocycles. The van der Waals surface area contributed by atoms with Gasteiger partial charge < -0.3 is 19.9 Å². The first kappa shape index (κ1) is 23.0. The maximum Gasteiger partial charge on any atom is 0.335 e. The molecule has 0 atom stereocenters. The number of halogens is 1. The minimum Gasteiger partial charge on any atom is -0.496 e. The third-order valence-electron chi connectivity index (χ3n) is 5.03. The van der Waals surface area contributed by atoms with Crippen LogP contribution in [0.3, 0.4) is 0 Å². The minimum atomic E-state index is -1.42. The molecule has 3 heterocycles. The summed E-state index contributed by atoms with van der Waals surface area (Å²) >= 11 is 6.41. The number of pyridine rings is 1. The Hall–Kier alpha value is -2.69. The molecule has 3 rings (SSSR count). The average Bonchev–Trinajstić information content (AvgIpc) is 2.97. The molecule has 0 spiro atoms. The summed E-state index contributed by atoms with van der Waals surface area (Å²) in [5.41, 5.74) is 8.28. The highest BCUT2D eigenvalue weighted by molar-refractivity contribution is 6.33. The number of nitrogens with two attached hydrogens (primary N) is 1. The van der Waals surface area contributed by atoms with Crippen molar-refractivity contribution in [3.05, 3.63) is 38.7 Å². The molecule has 10 nitrogen and oxygen atoms in total. The second kappa shape index (κ2) is 8.81. The van der Waals surface area contributed by atoms with E-state index < -0.39 is 11.6 Å². The summed E-state index contributed by atoms with van der Waals surface area (Å²) in [6.07, 6.45) is 1.70. The Kier molecular flexibility index (Phi) is 6.54. The third-order valence-corrected chi connectivity index (χ3v) is 5.29. The molecule has 0 bridgehead atoms. The van der Waals surface area contributed by atoms with Gasteiger partial charge in [-0.2, -0.15) is 9.97 Å². The lowest BCUT2D eigenvalue weighted by atomic mass is 10.1. The van der Waals surface area contributed by atoms with Crippen molar-refractivity contribution in [1.82, 2.24) is 24.1 Å². The summed E-state index contributed by atoms with van der Waals surface area (Å²) in [6, 6.07) is 0. The molecule has 0 amide bonds. The Labute approximate surface area is 184 Å². The van der Waals surface area contributed by atoms with Crippen LogP contribution in [0, 0.1) is 13.8 Å². The van der Waals surface area contributed by atoms with Crippen LogP contribution in [0.4, 0.5) is 5.95 Å². The lowest BCUT2D eigenvalue weighted by Crippen LogP contribution is -2.44. The van der Waals surface area contributed by atoms with E-state index in [1.807, 2.05) is 27.7 Å². The largest absolute Gasteiger partial charge is 0.496 e. The zero-order valence-corrected chi connectivity index (χ0v) is 19.3. The number of methoxy groups -OCH3 is 1. The van der Waals surface area contributed by atoms with Crippen molar-refractivity contribution in [2.75, 3.05) is 26.1 Å². The van der Waals surface area contributed by atoms with Crippen LogP contribution in [0.1, 0.15) is 37.6 Å². The fourth-order valence-corrected chi connectivity index (χ4v) is 3.98. The molecule has 11 heteroatoms. The topological polar surface area (TPSA) is 119 Å². The predicted molar refractivity (Wildman–Crippen MR) is 117 cm³/mol. The Balaban J connectivity index is 2.32. The maximum absolute atomic E-state index is 13.6. The van der Waals surface area contributed by atoms with Gasteiger partial charge in [-0.1, -0.05) is 11.6 Å². The molecule has 0 fully saturated rings. The van der Waals surface area contributed by atoms with Crippen LogP contribution in [0.15, 0.2) is 11.0 Å². The molecule has 3 aromatic heterocycles. The Morgan fingerprint density at radius 1 is 1.19 bits per heavy atom. The monoisotopic (exact) mass is 450 g/mol. The van der Waals surface area contributed by atoms with Gasteiger partial charge in [-0.25, -0.2) is 9.36 Å². The molecule has 168 valence electrons. The molecular weight excluding hydrogens is 424 g/mol. The highest BCUT2D eigenvalue weighted by atomic mass is 35.5. The van der Waals surface area contributed by atoms with Gasteiger partial charge in [-0.05, 0) is 27.7 Å². The minimum absolute atomic E-state index is 0.0233. The van der Waals surface area contributed by atoms with E-state index in [1.54, 1.807) is 20.2 Å². The van der Waals surface area contributed by atoms with Crippen LogP contribution in [-0.2, 0) is 21.9 Å². The van der Waals surface area contributed by atoms with E-state index in [-0.39, 0.29) is 28.8 Å². The van der Waals surface area contributed by atoms with E-state index >= 15 is 0 Å². The van der Waals surface area contributed by atoms with Crippen LogP contribution >= 0.6 is 11.6 Å². The smallest absolute Gasteiger partial charge is 0.335 e. The van der Waals surface area contributed by atoms with E-state index in [4.69, 9.17) is 31.5 Å². The third kappa shape index (κ3) is 3.98. The van der Waals surface area contributed by atoms with Crippen molar-refractivity contribution in [2.45, 2.75) is 47.1 Å². The summed E-state index contributed by atoms with van der Waals surface area (Å²) in [4.78, 5) is 26.4. The number of aryl methyl sites for hydroxylation is 1. The van der Waals surface area contributed by atoms with E-state index in [9.17, 15) is 4.79 Å². The summed E-state index contributed by atoms with van der Waals surface area (Å²) in [5, 5.41) is 0.0233. The van der Waals surface area contributed by atoms with Gasteiger partial charge in [-0.3, -0.25) is 9.55 Å². The molecule has 0 unspecified atom stereocenters. The average molecular weight is 451 g/mol. The van der Waals surface area contributed by atoms with Crippen LogP contribution in [-0.4, -0.2) is 44.4 Å². The molecule has 0 saturated carbocycles. The van der Waals surface area contributed by atoms with Gasteiger partial charge in [0.1, 0.15) is 11.3 Å². The number of rotatable bonds is 8. The van der Waals surface area contributed by atoms with Crippen LogP contribution < -0.4 is 16.2 Å². The standard InChI is InChI=1S/C20H27ClN6O4/c1-7-30-20(5,31-8-2)27-14-16(21)24-18(22)25-17(14)26(19(27)28)10-13-12(4)15(29-6)11(3)9-23-13/h9H,7-8,10H2,1-6H3,(H2,22,24,25). The number of imidazole rings is 1. The van der Waals surface area contributed by atoms with Crippen LogP contribution in [0.25, 0.3) is 11.2 Å². The zero-order valence-electron chi connectivity index (χ0n) is 18.5. The van der Waals surface area contributed by atoms with E-state index in [2.05, 4.69) is 15.0 Å². The summed E-state index contributed by atoms with van der Waals surface area (Å²) in [6.45, 7) is 9.79. The predicted octanol–water partition coefficient (Wildman–Crippen LogP) is 2.60. The van der Waals surface area contributed by atoms with Gasteiger partial charge in [-0.15, -0.1) is 0 Å². The number of nitrogens with zero attached hydrogens (tertiary/aromatic N) is 5. The molecule has 3 aromatic rings. The van der Waals surface area contributed by atoms with Gasteiger partial charge in [0.05, 0.1) is 19.3 Å². The van der Waals surface area contributed by atoms with E-state index in [0.29, 0.717) is 24.7 Å². The first-order valence-corrected chi connectivity index (χ1v) is 10.3. The van der Waals surface area contributed by atoms with Gasteiger partial charge in [0.15, 0.2) is 10.8 Å². The molecule has 0 aliphatic heterocycles. The van der Waals surface area contributed by atoms with Gasteiger partial charge in [0.25, 0.3) is 5.91 Å². The van der Waals surface area contributed by atoms with Crippen LogP contribution in [0.2, 0.25) is 5.15 Å². The Morgan fingerprint density at radius 3 is 2.42 bits per heavy atom. The first-order chi connectivity index (χ1) is 14.7. The second-order valence-corrected chi connectivity index (χ2v) is 7.42. The summed E-state index contributed by atoms with van der Waals surface area (Å²) < 4.78 is 19.9. The SMILES string of the molecule is CCOC(C)(OCC)n1c(=O)n(Cc2ncc(C)c(OC)c2C)c2nc(N)nc(Cl)c21. The van der Waals surface area contributed by atoms with Crippen molar-refractivity contribution >= 4 is 28.7 Å². The number of fused-ring (bicyclic) bond motifs is 1. The molecule has 0 aliphatic rings. The van der Waals surface area contributed by atoms with Crippen LogP contribution in [0.5, 0.6) is 5.75 Å². The first-order valence-electron chi connectivity index (χ1n) is 9.90. The summed E-state index contributed by atoms with van der Waals surface area (Å²) in [7, 11) is 1.60. The molecule has 31 heavy (non-hydrogen) atoms. The van der Waals surface area contributed by atoms with E-state index in [0.717, 1.165) is 11.1 Å². The van der Waals surface area contributed by atoms with Crippen molar-refractivity contribution in [1.29, 1.82) is 0 Å². The lowest BCUT2D eigenvalue weighted by molar-refractivity contribution is -0.278. The highest BCUT2D eigenvalue weighted by Gasteiger charge is 2.35. The maximum atomic E-state index is 13.6. The van der Waals surface area contributed by atoms with Crippen molar-refractivity contribution in [3.8, 4) is 5.75 Å². The molecule has 0 aliphatic carbocycles. The number of nitrogen functional groups attached to an aromatic ring is 1. The molecular formula is C20H27ClN6O4. The van der Waals surface area contributed by atoms with Crippen molar-refractivity contribution in [3.63, 3.8) is 0 Å². The van der Waals surface area contributed by atoms with Crippen molar-refractivity contribution < 1.29 is 14.2 Å². The Morgan fingerprint density at radius 2 is 1.84 bits per heavy atom. The van der Waals surface area contributed by atoms with Crippen molar-refractivity contribution in [2.24, 2.45) is 0 Å². The van der Waals surface area contributed by atoms with Gasteiger partial charge in [0, 0.05) is 37.5 Å². The number of hydrogen-bond donors (Lipinski definition) is 1. The van der Waals surface area contributed by atoms with Gasteiger partial charge in [0.2, 0.25) is 5.95 Å². The number of aromatic nitrogens is 5. The molecule has 0 saturated heterocycles. The molecule has 0 radical (unpaired) electrons. The molecule has 2 N–H and O–H groups in total. The fourth-order valence-electron chi connectivity index (χ4n) is 3.73. The number of anilines is 1. The second-order valence-electron chi connectivity index (χ2n) is 7.06. The normalized spacial score (nSPS) is 12.0. The quantitative estimate of drug-likeness (QED) is 0.410. The number of ether oxygens (including phenoxy) is 3. The van der Waals surface area contributed by atoms with Gasteiger partial charge >= 0.3 is 5.69 Å². The highest BCUT2D eigenvalue weighted by Crippen LogP contribution is 2.30. The lowest BCUT2D eigenvalue weighted by Gasteiger charge is -2.30. The van der Waals surface area contributed by atoms with E-state index in [1.165, 1.54) is 9.13 Å². The zero-order chi connectivity index (χ0) is 22.9. The summed E-state index contributed by atoms with van der Waals surface area (Å²) in [5.74, 6) is -0.757. The number of hydrogen-bond acceptors (Lipinski definition) is 8.